The predicted octanol–water partition coefficient (Wildman–Crippen LogP) is 1.91. The first kappa shape index (κ1) is 20.4. The van der Waals surface area contributed by atoms with E-state index in [4.69, 9.17) is 0 Å². The van der Waals surface area contributed by atoms with Crippen molar-refractivity contribution in [3.05, 3.63) is 29.8 Å². The number of rotatable bonds is 6. The molecule has 0 aliphatic carbocycles. The average molecular weight is 386 g/mol. The number of benzene rings is 1. The summed E-state index contributed by atoms with van der Waals surface area (Å²) in [7, 11) is 0. The Hall–Kier alpha value is -2.91. The highest BCUT2D eigenvalue weighted by Gasteiger charge is 2.35. The first-order valence-corrected chi connectivity index (χ1v) is 8.10. The van der Waals surface area contributed by atoms with Crippen molar-refractivity contribution in [2.75, 3.05) is 24.6 Å². The van der Waals surface area contributed by atoms with Crippen LogP contribution in [0.15, 0.2) is 24.3 Å². The number of hydrogen-bond acceptors (Lipinski definition) is 5. The Morgan fingerprint density at radius 3 is 2.37 bits per heavy atom. The Morgan fingerprint density at radius 1 is 1.19 bits per heavy atom. The highest BCUT2D eigenvalue weighted by molar-refractivity contribution is 6.20. The second-order valence-electron chi connectivity index (χ2n) is 5.75. The minimum Gasteiger partial charge on any atom is -0.465 e. The Bertz CT molecular complexity index is 747. The Kier molecular flexibility index (Phi) is 6.19. The van der Waals surface area contributed by atoms with Crippen LogP contribution < -0.4 is 4.90 Å². The number of esters is 1. The number of ether oxygens (including phenoxy) is 1. The van der Waals surface area contributed by atoms with Gasteiger partial charge in [0.25, 0.3) is 5.91 Å². The molecule has 0 atom stereocenters. The molecule has 0 saturated carbocycles. The van der Waals surface area contributed by atoms with Crippen LogP contribution in [-0.2, 0) is 19.1 Å². The Morgan fingerprint density at radius 2 is 1.81 bits per heavy atom. The summed E-state index contributed by atoms with van der Waals surface area (Å²) in [5.41, 5.74) is -0.0926. The normalized spacial score (nSPS) is 14.4. The highest BCUT2D eigenvalue weighted by Crippen LogP contribution is 2.25. The fourth-order valence-electron chi connectivity index (χ4n) is 2.60. The van der Waals surface area contributed by atoms with Crippen molar-refractivity contribution in [1.82, 2.24) is 4.90 Å². The summed E-state index contributed by atoms with van der Waals surface area (Å²) in [6, 6.07) is 5.14. The molecular formula is C17H17F3N2O5. The predicted molar refractivity (Wildman–Crippen MR) is 86.8 cm³/mol. The molecule has 1 fully saturated rings. The number of alkyl halides is 3. The Labute approximate surface area is 152 Å². The molecule has 1 aliphatic heterocycles. The molecule has 0 radical (unpaired) electrons. The first-order valence-electron chi connectivity index (χ1n) is 8.10. The number of halogens is 3. The molecule has 0 bridgehead atoms. The maximum Gasteiger partial charge on any atom is 0.406 e. The number of imide groups is 1. The molecule has 1 heterocycles. The van der Waals surface area contributed by atoms with Gasteiger partial charge in [-0.1, -0.05) is 6.07 Å². The van der Waals surface area contributed by atoms with Crippen molar-refractivity contribution >= 4 is 29.4 Å². The third-order valence-electron chi connectivity index (χ3n) is 3.69. The third kappa shape index (κ3) is 5.28. The maximum absolute atomic E-state index is 12.8. The molecule has 1 aliphatic rings. The topological polar surface area (TPSA) is 84.0 Å². The molecule has 0 aromatic heterocycles. The fraction of sp³-hybridized carbons (Fsp3) is 0.412. The number of nitrogens with zero attached hydrogens (tertiary/aromatic N) is 2. The second-order valence-corrected chi connectivity index (χ2v) is 5.75. The lowest BCUT2D eigenvalue weighted by atomic mass is 10.1. The third-order valence-corrected chi connectivity index (χ3v) is 3.69. The van der Waals surface area contributed by atoms with Gasteiger partial charge in [0.2, 0.25) is 11.8 Å². The van der Waals surface area contributed by atoms with E-state index in [2.05, 4.69) is 4.74 Å². The van der Waals surface area contributed by atoms with Gasteiger partial charge in [0.05, 0.1) is 12.3 Å². The lowest BCUT2D eigenvalue weighted by Gasteiger charge is -2.23. The van der Waals surface area contributed by atoms with Crippen LogP contribution in [0.4, 0.5) is 18.9 Å². The average Bonchev–Trinajstić information content (AvgIpc) is 2.91. The molecule has 1 saturated heterocycles. The minimum absolute atomic E-state index is 0.0278. The van der Waals surface area contributed by atoms with E-state index in [9.17, 15) is 32.3 Å². The minimum atomic E-state index is -4.72. The quantitative estimate of drug-likeness (QED) is 0.551. The van der Waals surface area contributed by atoms with Gasteiger partial charge in [0, 0.05) is 18.4 Å². The van der Waals surface area contributed by atoms with E-state index in [1.807, 2.05) is 0 Å². The van der Waals surface area contributed by atoms with Gasteiger partial charge in [-0.2, -0.15) is 13.2 Å². The van der Waals surface area contributed by atoms with Gasteiger partial charge < -0.3 is 9.64 Å². The van der Waals surface area contributed by atoms with E-state index < -0.39 is 43.0 Å². The van der Waals surface area contributed by atoms with Gasteiger partial charge >= 0.3 is 12.1 Å². The van der Waals surface area contributed by atoms with Gasteiger partial charge in [0.1, 0.15) is 13.1 Å². The molecule has 0 unspecified atom stereocenters. The molecule has 1 aromatic rings. The van der Waals surface area contributed by atoms with Crippen molar-refractivity contribution in [3.63, 3.8) is 0 Å². The lowest BCUT2D eigenvalue weighted by Crippen LogP contribution is -2.42. The number of hydrogen-bond donors (Lipinski definition) is 0. The molecule has 27 heavy (non-hydrogen) atoms. The summed E-state index contributed by atoms with van der Waals surface area (Å²) in [6.07, 6.45) is -4.67. The smallest absolute Gasteiger partial charge is 0.406 e. The molecule has 146 valence electrons. The molecular weight excluding hydrogens is 369 g/mol. The van der Waals surface area contributed by atoms with Crippen LogP contribution in [-0.4, -0.2) is 54.5 Å². The zero-order chi connectivity index (χ0) is 20.2. The van der Waals surface area contributed by atoms with Crippen molar-refractivity contribution in [3.8, 4) is 0 Å². The van der Waals surface area contributed by atoms with E-state index in [1.54, 1.807) is 0 Å². The summed E-state index contributed by atoms with van der Waals surface area (Å²) in [4.78, 5) is 48.9. The van der Waals surface area contributed by atoms with Crippen molar-refractivity contribution < 1.29 is 37.1 Å². The van der Waals surface area contributed by atoms with E-state index in [0.717, 1.165) is 11.0 Å². The summed E-state index contributed by atoms with van der Waals surface area (Å²) in [6.45, 7) is -1.07. The monoisotopic (exact) mass is 386 g/mol. The Balaban J connectivity index is 2.28. The summed E-state index contributed by atoms with van der Waals surface area (Å²) in [5.74, 6) is -2.95. The number of carbonyl (C=O) groups is 4. The zero-order valence-corrected chi connectivity index (χ0v) is 14.4. The summed E-state index contributed by atoms with van der Waals surface area (Å²) < 4.78 is 43.0. The number of carbonyl (C=O) groups excluding carboxylic acids is 4. The lowest BCUT2D eigenvalue weighted by molar-refractivity contribution is -0.153. The van der Waals surface area contributed by atoms with E-state index in [0.29, 0.717) is 4.90 Å². The first-order chi connectivity index (χ1) is 12.6. The molecule has 0 spiro atoms. The zero-order valence-electron chi connectivity index (χ0n) is 14.4. The van der Waals surface area contributed by atoms with E-state index >= 15 is 0 Å². The fourth-order valence-corrected chi connectivity index (χ4v) is 2.60. The molecule has 3 amide bonds. The van der Waals surface area contributed by atoms with E-state index in [-0.39, 0.29) is 30.7 Å². The number of anilines is 1. The van der Waals surface area contributed by atoms with Crippen LogP contribution in [0.3, 0.4) is 0 Å². The van der Waals surface area contributed by atoms with Gasteiger partial charge in [0.15, 0.2) is 0 Å². The van der Waals surface area contributed by atoms with Crippen molar-refractivity contribution in [1.29, 1.82) is 0 Å². The molecule has 7 nitrogen and oxygen atoms in total. The molecule has 2 rings (SSSR count). The molecule has 1 aromatic carbocycles. The van der Waals surface area contributed by atoms with Crippen LogP contribution >= 0.6 is 0 Å². The van der Waals surface area contributed by atoms with Gasteiger partial charge in [-0.05, 0) is 25.1 Å². The van der Waals surface area contributed by atoms with Crippen molar-refractivity contribution in [2.24, 2.45) is 0 Å². The largest absolute Gasteiger partial charge is 0.465 e. The van der Waals surface area contributed by atoms with Crippen molar-refractivity contribution in [2.45, 2.75) is 25.9 Å². The van der Waals surface area contributed by atoms with Gasteiger partial charge in [-0.15, -0.1) is 0 Å². The van der Waals surface area contributed by atoms with Crippen LogP contribution in [0.5, 0.6) is 0 Å². The van der Waals surface area contributed by atoms with Crippen LogP contribution in [0.1, 0.15) is 30.1 Å². The van der Waals surface area contributed by atoms with E-state index in [1.165, 1.54) is 25.1 Å². The summed E-state index contributed by atoms with van der Waals surface area (Å²) in [5, 5.41) is 0. The van der Waals surface area contributed by atoms with Gasteiger partial charge in [-0.25, -0.2) is 0 Å². The standard InChI is InChI=1S/C17H17F3N2O5/c1-2-27-15(25)9-21(10-17(18,19)20)16(26)11-4-3-5-12(8-11)22-13(23)6-7-14(22)24/h3-5,8H,2,6-7,9-10H2,1H3. The SMILES string of the molecule is CCOC(=O)CN(CC(F)(F)F)C(=O)c1cccc(N2C(=O)CCC2=O)c1. The molecule has 0 N–H and O–H groups in total. The van der Waals surface area contributed by atoms with Crippen LogP contribution in [0.2, 0.25) is 0 Å². The van der Waals surface area contributed by atoms with Crippen LogP contribution in [0, 0.1) is 0 Å². The summed E-state index contributed by atoms with van der Waals surface area (Å²) >= 11 is 0. The molecule has 10 heteroatoms. The number of amides is 3. The maximum atomic E-state index is 12.8. The highest BCUT2D eigenvalue weighted by atomic mass is 19.4. The van der Waals surface area contributed by atoms with Gasteiger partial charge in [-0.3, -0.25) is 24.1 Å². The van der Waals surface area contributed by atoms with Crippen LogP contribution in [0.25, 0.3) is 0 Å². The second kappa shape index (κ2) is 8.19.